The molecule has 120 valence electrons. The maximum atomic E-state index is 14.3. The van der Waals surface area contributed by atoms with E-state index in [1.54, 1.807) is 13.8 Å². The Hall–Kier alpha value is -2.44. The maximum Gasteiger partial charge on any atom is 0.341 e. The molecular weight excluding hydrogens is 287 g/mol. The number of aliphatic imine (C=N–C) groups is 1. The molecule has 1 rings (SSSR count). The molecule has 1 aromatic heterocycles. The van der Waals surface area contributed by atoms with E-state index in [9.17, 15) is 9.18 Å². The minimum atomic E-state index is -0.658. The lowest BCUT2D eigenvalue weighted by Crippen LogP contribution is -2.21. The first-order valence-electron chi connectivity index (χ1n) is 7.12. The van der Waals surface area contributed by atoms with Gasteiger partial charge in [-0.1, -0.05) is 0 Å². The molecule has 0 atom stereocenters. The van der Waals surface area contributed by atoms with Gasteiger partial charge in [-0.3, -0.25) is 4.99 Å². The first-order chi connectivity index (χ1) is 10.6. The Labute approximate surface area is 129 Å². The Morgan fingerprint density at radius 2 is 2.23 bits per heavy atom. The van der Waals surface area contributed by atoms with Gasteiger partial charge in [-0.05, 0) is 20.8 Å². The lowest BCUT2D eigenvalue weighted by atomic mass is 10.1. The standard InChI is InChI=1S/C15H21FN4O2/c1-4-18-10-7-12(16)14(20-9-10)13(19-5-2)11(8-17)15(21)22-6-3/h7-9,18H,4-6,17H2,1-3H3/b11-8+,19-13?. The van der Waals surface area contributed by atoms with Crippen LogP contribution in [-0.4, -0.2) is 36.4 Å². The molecule has 0 aliphatic heterocycles. The van der Waals surface area contributed by atoms with Crippen LogP contribution in [0.2, 0.25) is 0 Å². The number of halogens is 1. The Balaban J connectivity index is 3.26. The molecule has 0 aromatic carbocycles. The molecule has 0 unspecified atom stereocenters. The predicted octanol–water partition coefficient (Wildman–Crippen LogP) is 1.87. The summed E-state index contributed by atoms with van der Waals surface area (Å²) < 4.78 is 19.2. The molecule has 22 heavy (non-hydrogen) atoms. The van der Waals surface area contributed by atoms with Gasteiger partial charge in [-0.25, -0.2) is 14.2 Å². The highest BCUT2D eigenvalue weighted by Gasteiger charge is 2.22. The van der Waals surface area contributed by atoms with Crippen LogP contribution in [0.25, 0.3) is 0 Å². The zero-order valence-electron chi connectivity index (χ0n) is 13.0. The Bertz CT molecular complexity index is 585. The van der Waals surface area contributed by atoms with Crippen molar-refractivity contribution in [1.29, 1.82) is 0 Å². The predicted molar refractivity (Wildman–Crippen MR) is 84.3 cm³/mol. The molecule has 0 bridgehead atoms. The van der Waals surface area contributed by atoms with E-state index in [-0.39, 0.29) is 23.6 Å². The average Bonchev–Trinajstić information content (AvgIpc) is 2.48. The summed E-state index contributed by atoms with van der Waals surface area (Å²) >= 11 is 0. The summed E-state index contributed by atoms with van der Waals surface area (Å²) in [6, 6.07) is 1.30. The van der Waals surface area contributed by atoms with Gasteiger partial charge in [0.05, 0.1) is 18.5 Å². The third-order valence-corrected chi connectivity index (χ3v) is 2.68. The summed E-state index contributed by atoms with van der Waals surface area (Å²) in [7, 11) is 0. The molecule has 0 aliphatic carbocycles. The molecular formula is C15H21FN4O2. The highest BCUT2D eigenvalue weighted by molar-refractivity contribution is 6.26. The van der Waals surface area contributed by atoms with Gasteiger partial charge < -0.3 is 15.8 Å². The first kappa shape index (κ1) is 17.6. The molecule has 0 fully saturated rings. The van der Waals surface area contributed by atoms with E-state index in [1.807, 2.05) is 6.92 Å². The van der Waals surface area contributed by atoms with Gasteiger partial charge in [0.1, 0.15) is 17.0 Å². The Morgan fingerprint density at radius 3 is 2.73 bits per heavy atom. The van der Waals surface area contributed by atoms with Crippen LogP contribution in [0.3, 0.4) is 0 Å². The van der Waals surface area contributed by atoms with E-state index in [0.717, 1.165) is 6.20 Å². The second-order valence-electron chi connectivity index (χ2n) is 4.21. The van der Waals surface area contributed by atoms with Crippen molar-refractivity contribution in [2.75, 3.05) is 25.0 Å². The lowest BCUT2D eigenvalue weighted by Gasteiger charge is -2.11. The fraction of sp³-hybridized carbons (Fsp3) is 0.400. The Morgan fingerprint density at radius 1 is 1.50 bits per heavy atom. The van der Waals surface area contributed by atoms with Crippen molar-refractivity contribution < 1.29 is 13.9 Å². The number of pyridine rings is 1. The van der Waals surface area contributed by atoms with Gasteiger partial charge in [0.25, 0.3) is 0 Å². The molecule has 6 nitrogen and oxygen atoms in total. The highest BCUT2D eigenvalue weighted by atomic mass is 19.1. The van der Waals surface area contributed by atoms with E-state index in [1.165, 1.54) is 12.3 Å². The number of hydrogen-bond acceptors (Lipinski definition) is 6. The fourth-order valence-corrected chi connectivity index (χ4v) is 1.81. The van der Waals surface area contributed by atoms with Crippen molar-refractivity contribution in [2.45, 2.75) is 20.8 Å². The van der Waals surface area contributed by atoms with E-state index in [4.69, 9.17) is 10.5 Å². The van der Waals surface area contributed by atoms with Gasteiger partial charge in [-0.2, -0.15) is 0 Å². The number of carbonyl (C=O) groups excluding carboxylic acids is 1. The molecule has 1 heterocycles. The lowest BCUT2D eigenvalue weighted by molar-refractivity contribution is -0.137. The molecule has 7 heteroatoms. The van der Waals surface area contributed by atoms with E-state index < -0.39 is 11.8 Å². The van der Waals surface area contributed by atoms with Crippen molar-refractivity contribution in [1.82, 2.24) is 4.98 Å². The number of aromatic nitrogens is 1. The molecule has 0 spiro atoms. The largest absolute Gasteiger partial charge is 0.462 e. The van der Waals surface area contributed by atoms with Crippen molar-refractivity contribution in [2.24, 2.45) is 10.7 Å². The van der Waals surface area contributed by atoms with Crippen LogP contribution >= 0.6 is 0 Å². The molecule has 0 amide bonds. The summed E-state index contributed by atoms with van der Waals surface area (Å²) in [4.78, 5) is 20.1. The van der Waals surface area contributed by atoms with Crippen molar-refractivity contribution in [3.8, 4) is 0 Å². The van der Waals surface area contributed by atoms with Crippen LogP contribution < -0.4 is 11.1 Å². The smallest absolute Gasteiger partial charge is 0.341 e. The zero-order chi connectivity index (χ0) is 16.5. The molecule has 3 N–H and O–H groups in total. The topological polar surface area (TPSA) is 89.6 Å². The average molecular weight is 308 g/mol. The van der Waals surface area contributed by atoms with Crippen molar-refractivity contribution in [3.05, 3.63) is 35.5 Å². The van der Waals surface area contributed by atoms with E-state index in [0.29, 0.717) is 18.8 Å². The number of esters is 1. The minimum absolute atomic E-state index is 0.00805. The number of anilines is 1. The van der Waals surface area contributed by atoms with Crippen LogP contribution in [-0.2, 0) is 9.53 Å². The van der Waals surface area contributed by atoms with Crippen LogP contribution in [0.5, 0.6) is 0 Å². The van der Waals surface area contributed by atoms with Gasteiger partial charge in [0.15, 0.2) is 5.82 Å². The second kappa shape index (κ2) is 8.76. The summed E-state index contributed by atoms with van der Waals surface area (Å²) in [5, 5.41) is 2.96. The van der Waals surface area contributed by atoms with Crippen LogP contribution in [0.15, 0.2) is 29.0 Å². The van der Waals surface area contributed by atoms with E-state index >= 15 is 0 Å². The van der Waals surface area contributed by atoms with Gasteiger partial charge >= 0.3 is 5.97 Å². The summed E-state index contributed by atoms with van der Waals surface area (Å²) in [5.74, 6) is -1.25. The Kier molecular flexibility index (Phi) is 7.01. The molecule has 0 saturated carbocycles. The molecule has 0 aliphatic rings. The summed E-state index contributed by atoms with van der Waals surface area (Å²) in [5.41, 5.74) is 6.09. The van der Waals surface area contributed by atoms with Crippen LogP contribution in [0, 0.1) is 5.82 Å². The van der Waals surface area contributed by atoms with Crippen LogP contribution in [0.4, 0.5) is 10.1 Å². The molecule has 0 saturated heterocycles. The maximum absolute atomic E-state index is 14.3. The SMILES string of the molecule is CCN=C(/C(=C\N)C(=O)OCC)c1ncc(NCC)cc1F. The van der Waals surface area contributed by atoms with Gasteiger partial charge in [-0.15, -0.1) is 0 Å². The number of nitrogens with two attached hydrogens (primary N) is 1. The minimum Gasteiger partial charge on any atom is -0.462 e. The number of rotatable bonds is 7. The third kappa shape index (κ3) is 4.28. The van der Waals surface area contributed by atoms with Crippen molar-refractivity contribution in [3.63, 3.8) is 0 Å². The van der Waals surface area contributed by atoms with E-state index in [2.05, 4.69) is 15.3 Å². The summed E-state index contributed by atoms with van der Waals surface area (Å²) in [6.45, 7) is 6.52. The molecule has 1 aromatic rings. The fourth-order valence-electron chi connectivity index (χ4n) is 1.81. The second-order valence-corrected chi connectivity index (χ2v) is 4.21. The monoisotopic (exact) mass is 308 g/mol. The number of nitrogens with zero attached hydrogens (tertiary/aromatic N) is 2. The van der Waals surface area contributed by atoms with Gasteiger partial charge in [0, 0.05) is 25.4 Å². The number of nitrogens with one attached hydrogen (secondary N) is 1. The quantitative estimate of drug-likeness (QED) is 0.456. The van der Waals surface area contributed by atoms with Crippen molar-refractivity contribution >= 4 is 17.4 Å². The number of ether oxygens (including phenoxy) is 1. The number of hydrogen-bond donors (Lipinski definition) is 2. The first-order valence-corrected chi connectivity index (χ1v) is 7.12. The van der Waals surface area contributed by atoms with Crippen LogP contribution in [0.1, 0.15) is 26.5 Å². The zero-order valence-corrected chi connectivity index (χ0v) is 13.0. The third-order valence-electron chi connectivity index (χ3n) is 2.68. The number of carbonyl (C=O) groups is 1. The molecule has 0 radical (unpaired) electrons. The normalized spacial score (nSPS) is 12.2. The highest BCUT2D eigenvalue weighted by Crippen LogP contribution is 2.16. The van der Waals surface area contributed by atoms with Gasteiger partial charge in [0.2, 0.25) is 0 Å². The summed E-state index contributed by atoms with van der Waals surface area (Å²) in [6.07, 6.45) is 2.54.